The molecule has 0 unspecified atom stereocenters. The van der Waals surface area contributed by atoms with E-state index in [2.05, 4.69) is 54.0 Å². The van der Waals surface area contributed by atoms with Crippen LogP contribution in [0.4, 0.5) is 0 Å². The minimum Gasteiger partial charge on any atom is -0.250 e. The maximum absolute atomic E-state index is 3.45. The summed E-state index contributed by atoms with van der Waals surface area (Å²) in [6.45, 7) is 0. The molecule has 0 saturated carbocycles. The van der Waals surface area contributed by atoms with Gasteiger partial charge in [-0.05, 0) is 11.1 Å². The fourth-order valence-corrected chi connectivity index (χ4v) is 1.89. The molecule has 0 heterocycles. The monoisotopic (exact) mass is 226 g/mol. The van der Waals surface area contributed by atoms with Crippen molar-refractivity contribution in [1.29, 1.82) is 0 Å². The SMILES string of the molecule is CN(C)NC(c1ccccc1)c1ccccc1. The normalized spacial score (nSPS) is 11.1. The van der Waals surface area contributed by atoms with E-state index in [0.717, 1.165) is 0 Å². The molecule has 0 spiro atoms. The molecule has 0 aliphatic carbocycles. The zero-order valence-electron chi connectivity index (χ0n) is 10.3. The number of benzene rings is 2. The highest BCUT2D eigenvalue weighted by molar-refractivity contribution is 5.31. The lowest BCUT2D eigenvalue weighted by Crippen LogP contribution is -2.34. The highest BCUT2D eigenvalue weighted by Crippen LogP contribution is 2.21. The molecule has 2 rings (SSSR count). The summed E-state index contributed by atoms with van der Waals surface area (Å²) in [5.74, 6) is 0. The van der Waals surface area contributed by atoms with Gasteiger partial charge in [0.2, 0.25) is 0 Å². The first-order valence-corrected chi connectivity index (χ1v) is 5.81. The van der Waals surface area contributed by atoms with Crippen molar-refractivity contribution in [2.24, 2.45) is 0 Å². The average molecular weight is 226 g/mol. The third kappa shape index (κ3) is 3.16. The first-order chi connectivity index (χ1) is 8.27. The maximum atomic E-state index is 3.45. The van der Waals surface area contributed by atoms with Gasteiger partial charge >= 0.3 is 0 Å². The van der Waals surface area contributed by atoms with Crippen molar-refractivity contribution in [3.05, 3.63) is 71.8 Å². The van der Waals surface area contributed by atoms with Crippen LogP contribution in [-0.4, -0.2) is 19.1 Å². The van der Waals surface area contributed by atoms with Crippen LogP contribution in [0.3, 0.4) is 0 Å². The Morgan fingerprint density at radius 1 is 0.765 bits per heavy atom. The van der Waals surface area contributed by atoms with Crippen LogP contribution < -0.4 is 5.43 Å². The average Bonchev–Trinajstić information content (AvgIpc) is 2.38. The molecular weight excluding hydrogens is 208 g/mol. The van der Waals surface area contributed by atoms with Gasteiger partial charge in [0, 0.05) is 14.1 Å². The largest absolute Gasteiger partial charge is 0.250 e. The summed E-state index contributed by atoms with van der Waals surface area (Å²) in [5, 5.41) is 1.99. The highest BCUT2D eigenvalue weighted by atomic mass is 15.5. The lowest BCUT2D eigenvalue weighted by Gasteiger charge is -2.23. The second-order valence-electron chi connectivity index (χ2n) is 4.28. The second-order valence-corrected chi connectivity index (χ2v) is 4.28. The van der Waals surface area contributed by atoms with E-state index in [4.69, 9.17) is 0 Å². The molecule has 0 bridgehead atoms. The van der Waals surface area contributed by atoms with Crippen LogP contribution in [0.1, 0.15) is 17.2 Å². The van der Waals surface area contributed by atoms with Crippen LogP contribution in [0.15, 0.2) is 60.7 Å². The molecule has 1 N–H and O–H groups in total. The molecule has 88 valence electrons. The number of hydrazine groups is 1. The molecule has 0 aliphatic rings. The van der Waals surface area contributed by atoms with Crippen molar-refractivity contribution in [3.63, 3.8) is 0 Å². The van der Waals surface area contributed by atoms with Gasteiger partial charge in [0.25, 0.3) is 0 Å². The first kappa shape index (κ1) is 11.8. The summed E-state index contributed by atoms with van der Waals surface area (Å²) < 4.78 is 0. The number of nitrogens with zero attached hydrogens (tertiary/aromatic N) is 1. The number of nitrogens with one attached hydrogen (secondary N) is 1. The third-order valence-corrected chi connectivity index (χ3v) is 2.65. The van der Waals surface area contributed by atoms with Gasteiger partial charge in [0.05, 0.1) is 6.04 Å². The van der Waals surface area contributed by atoms with E-state index >= 15 is 0 Å². The summed E-state index contributed by atoms with van der Waals surface area (Å²) in [6.07, 6.45) is 0. The summed E-state index contributed by atoms with van der Waals surface area (Å²) >= 11 is 0. The van der Waals surface area contributed by atoms with Crippen molar-refractivity contribution in [2.75, 3.05) is 14.1 Å². The van der Waals surface area contributed by atoms with Gasteiger partial charge < -0.3 is 0 Å². The van der Waals surface area contributed by atoms with E-state index < -0.39 is 0 Å². The highest BCUT2D eigenvalue weighted by Gasteiger charge is 2.13. The van der Waals surface area contributed by atoms with Gasteiger partial charge in [-0.2, -0.15) is 0 Å². The first-order valence-electron chi connectivity index (χ1n) is 5.81. The van der Waals surface area contributed by atoms with Gasteiger partial charge in [0.1, 0.15) is 0 Å². The third-order valence-electron chi connectivity index (χ3n) is 2.65. The van der Waals surface area contributed by atoms with Gasteiger partial charge in [-0.25, -0.2) is 10.4 Å². The van der Waals surface area contributed by atoms with Crippen molar-refractivity contribution in [3.8, 4) is 0 Å². The van der Waals surface area contributed by atoms with Crippen LogP contribution in [0.2, 0.25) is 0 Å². The number of rotatable bonds is 4. The smallest absolute Gasteiger partial charge is 0.0714 e. The Balaban J connectivity index is 2.32. The Morgan fingerprint density at radius 2 is 1.18 bits per heavy atom. The minimum absolute atomic E-state index is 0.201. The Kier molecular flexibility index (Phi) is 3.91. The Hall–Kier alpha value is -1.64. The van der Waals surface area contributed by atoms with Gasteiger partial charge in [-0.3, -0.25) is 0 Å². The van der Waals surface area contributed by atoms with Crippen LogP contribution in [-0.2, 0) is 0 Å². The Labute approximate surface area is 103 Å². The standard InChI is InChI=1S/C15H18N2/c1-17(2)16-15(13-9-5-3-6-10-13)14-11-7-4-8-12-14/h3-12,15-16H,1-2H3. The van der Waals surface area contributed by atoms with Crippen LogP contribution in [0, 0.1) is 0 Å². The van der Waals surface area contributed by atoms with Crippen molar-refractivity contribution in [1.82, 2.24) is 10.4 Å². The van der Waals surface area contributed by atoms with Crippen molar-refractivity contribution >= 4 is 0 Å². The fraction of sp³-hybridized carbons (Fsp3) is 0.200. The molecule has 2 nitrogen and oxygen atoms in total. The Morgan fingerprint density at radius 3 is 1.53 bits per heavy atom. The molecule has 0 aliphatic heterocycles. The molecular formula is C15H18N2. The van der Waals surface area contributed by atoms with Crippen molar-refractivity contribution < 1.29 is 0 Å². The molecule has 0 aromatic heterocycles. The zero-order chi connectivity index (χ0) is 12.1. The molecule has 2 heteroatoms. The minimum atomic E-state index is 0.201. The lowest BCUT2D eigenvalue weighted by atomic mass is 9.99. The van der Waals surface area contributed by atoms with E-state index in [1.165, 1.54) is 11.1 Å². The van der Waals surface area contributed by atoms with E-state index in [-0.39, 0.29) is 6.04 Å². The summed E-state index contributed by atoms with van der Waals surface area (Å²) in [7, 11) is 4.03. The molecule has 17 heavy (non-hydrogen) atoms. The molecule has 0 atom stereocenters. The second kappa shape index (κ2) is 5.62. The molecule has 0 fully saturated rings. The molecule has 0 amide bonds. The van der Waals surface area contributed by atoms with Gasteiger partial charge in [-0.1, -0.05) is 60.7 Å². The Bertz CT molecular complexity index is 397. The van der Waals surface area contributed by atoms with Gasteiger partial charge in [-0.15, -0.1) is 0 Å². The predicted molar refractivity (Wildman–Crippen MR) is 71.5 cm³/mol. The van der Waals surface area contributed by atoms with Crippen molar-refractivity contribution in [2.45, 2.75) is 6.04 Å². The number of hydrogen-bond donors (Lipinski definition) is 1. The van der Waals surface area contributed by atoms with E-state index in [0.29, 0.717) is 0 Å². The van der Waals surface area contributed by atoms with Crippen LogP contribution in [0.25, 0.3) is 0 Å². The van der Waals surface area contributed by atoms with E-state index in [1.54, 1.807) is 0 Å². The summed E-state index contributed by atoms with van der Waals surface area (Å²) in [4.78, 5) is 0. The topological polar surface area (TPSA) is 15.3 Å². The molecule has 0 saturated heterocycles. The molecule has 0 radical (unpaired) electrons. The summed E-state index contributed by atoms with van der Waals surface area (Å²) in [6, 6.07) is 21.2. The zero-order valence-corrected chi connectivity index (χ0v) is 10.3. The molecule has 2 aromatic carbocycles. The molecule has 2 aromatic rings. The van der Waals surface area contributed by atoms with Crippen LogP contribution >= 0.6 is 0 Å². The predicted octanol–water partition coefficient (Wildman–Crippen LogP) is 2.84. The van der Waals surface area contributed by atoms with E-state index in [9.17, 15) is 0 Å². The van der Waals surface area contributed by atoms with Crippen LogP contribution in [0.5, 0.6) is 0 Å². The maximum Gasteiger partial charge on any atom is 0.0714 e. The number of hydrogen-bond acceptors (Lipinski definition) is 2. The lowest BCUT2D eigenvalue weighted by molar-refractivity contribution is 0.261. The van der Waals surface area contributed by atoms with E-state index in [1.807, 2.05) is 31.2 Å². The van der Waals surface area contributed by atoms with Gasteiger partial charge in [0.15, 0.2) is 0 Å². The fourth-order valence-electron chi connectivity index (χ4n) is 1.89. The summed E-state index contributed by atoms with van der Waals surface area (Å²) in [5.41, 5.74) is 5.99. The quantitative estimate of drug-likeness (QED) is 0.806.